The van der Waals surface area contributed by atoms with Gasteiger partial charge in [0.2, 0.25) is 0 Å². The molecule has 0 atom stereocenters. The molecule has 0 amide bonds. The minimum Gasteiger partial charge on any atom is -0.309 e. The number of hydrogen-bond donors (Lipinski definition) is 0. The quantitative estimate of drug-likeness (QED) is 0.0955. The molecule has 2 heterocycles. The van der Waals surface area contributed by atoms with Crippen LogP contribution in [0.25, 0.3) is 99.5 Å². The predicted octanol–water partition coefficient (Wildman–Crippen LogP) is 15.9. The minimum absolute atomic E-state index is 1.14. The first-order valence-corrected chi connectivity index (χ1v) is 27.9. The van der Waals surface area contributed by atoms with Gasteiger partial charge in [-0.3, -0.25) is 0 Å². The van der Waals surface area contributed by atoms with Crippen LogP contribution in [-0.2, 0) is 0 Å². The Morgan fingerprint density at radius 2 is 0.600 bits per heavy atom. The van der Waals surface area contributed by atoms with Crippen LogP contribution in [0.4, 0.5) is 0 Å². The third kappa shape index (κ3) is 7.47. The zero-order valence-electron chi connectivity index (χ0n) is 41.3. The van der Waals surface area contributed by atoms with Crippen molar-refractivity contribution in [3.63, 3.8) is 0 Å². The molecule has 0 fully saturated rings. The highest BCUT2D eigenvalue weighted by Crippen LogP contribution is 2.41. The van der Waals surface area contributed by atoms with E-state index in [9.17, 15) is 0 Å². The summed E-state index contributed by atoms with van der Waals surface area (Å²) in [5.74, 6) is 0. The summed E-state index contributed by atoms with van der Waals surface area (Å²) >= 11 is 0. The van der Waals surface area contributed by atoms with Crippen molar-refractivity contribution in [2.45, 2.75) is 0 Å². The lowest BCUT2D eigenvalue weighted by molar-refractivity contribution is 1.18. The molecule has 0 spiro atoms. The van der Waals surface area contributed by atoms with Gasteiger partial charge in [0.1, 0.15) is 0 Å². The van der Waals surface area contributed by atoms with Gasteiger partial charge in [0.25, 0.3) is 0 Å². The first-order valence-electron chi connectivity index (χ1n) is 25.9. The molecule has 14 rings (SSSR count). The zero-order valence-corrected chi connectivity index (χ0v) is 42.3. The molecule has 2 aromatic heterocycles. The van der Waals surface area contributed by atoms with Gasteiger partial charge < -0.3 is 9.13 Å². The number of nitrogens with zero attached hydrogens (tertiary/aromatic N) is 2. The monoisotopic (exact) mass is 970 g/mol. The molecule has 3 heteroatoms. The Morgan fingerprint density at radius 3 is 1.16 bits per heavy atom. The Kier molecular flexibility index (Phi) is 10.9. The van der Waals surface area contributed by atoms with Crippen LogP contribution in [0.15, 0.2) is 303 Å². The molecule has 0 saturated heterocycles. The van der Waals surface area contributed by atoms with Crippen molar-refractivity contribution in [2.24, 2.45) is 0 Å². The van der Waals surface area contributed by atoms with E-state index in [0.717, 1.165) is 11.4 Å². The molecule has 75 heavy (non-hydrogen) atoms. The topological polar surface area (TPSA) is 9.86 Å². The minimum atomic E-state index is -2.81. The second kappa shape index (κ2) is 18.5. The fraction of sp³-hybridized carbons (Fsp3) is 0. The van der Waals surface area contributed by atoms with Crippen molar-refractivity contribution in [3.05, 3.63) is 303 Å². The van der Waals surface area contributed by atoms with E-state index in [4.69, 9.17) is 0 Å². The van der Waals surface area contributed by atoms with E-state index < -0.39 is 8.07 Å². The normalized spacial score (nSPS) is 11.7. The Balaban J connectivity index is 0.950. The lowest BCUT2D eigenvalue weighted by atomic mass is 9.97. The Morgan fingerprint density at radius 1 is 0.213 bits per heavy atom. The summed E-state index contributed by atoms with van der Waals surface area (Å²) in [6.45, 7) is 0. The highest BCUT2D eigenvalue weighted by Gasteiger charge is 2.41. The van der Waals surface area contributed by atoms with E-state index >= 15 is 0 Å². The molecule has 352 valence electrons. The van der Waals surface area contributed by atoms with Crippen LogP contribution in [0.1, 0.15) is 0 Å². The van der Waals surface area contributed by atoms with Crippen molar-refractivity contribution >= 4 is 72.4 Å². The second-order valence-corrected chi connectivity index (χ2v) is 23.4. The second-order valence-electron chi connectivity index (χ2n) is 19.6. The molecule has 0 N–H and O–H groups in total. The zero-order chi connectivity index (χ0) is 49.7. The summed E-state index contributed by atoms with van der Waals surface area (Å²) < 4.78 is 4.93. The maximum Gasteiger partial charge on any atom is 0.179 e. The predicted molar refractivity (Wildman–Crippen MR) is 320 cm³/mol. The van der Waals surface area contributed by atoms with Crippen molar-refractivity contribution in [1.29, 1.82) is 0 Å². The summed E-state index contributed by atoms with van der Waals surface area (Å²) in [5.41, 5.74) is 16.5. The Labute approximate surface area is 438 Å². The van der Waals surface area contributed by atoms with Crippen LogP contribution in [0, 0.1) is 0 Å². The van der Waals surface area contributed by atoms with Gasteiger partial charge in [0.05, 0.1) is 27.8 Å². The summed E-state index contributed by atoms with van der Waals surface area (Å²) in [6.07, 6.45) is 0. The van der Waals surface area contributed by atoms with Crippen molar-refractivity contribution in [1.82, 2.24) is 9.13 Å². The van der Waals surface area contributed by atoms with E-state index in [1.54, 1.807) is 0 Å². The van der Waals surface area contributed by atoms with Gasteiger partial charge in [0, 0.05) is 32.8 Å². The average molecular weight is 971 g/mol. The fourth-order valence-electron chi connectivity index (χ4n) is 12.1. The van der Waals surface area contributed by atoms with Crippen LogP contribution < -0.4 is 20.7 Å². The third-order valence-corrected chi connectivity index (χ3v) is 20.2. The number of rotatable bonds is 10. The molecule has 0 bridgehead atoms. The van der Waals surface area contributed by atoms with Gasteiger partial charge in [-0.1, -0.05) is 249 Å². The van der Waals surface area contributed by atoms with E-state index in [1.165, 1.54) is 109 Å². The molecular weight excluding hydrogens is 921 g/mol. The fourth-order valence-corrected chi connectivity index (χ4v) is 16.8. The molecular formula is C72H50N2Si. The van der Waals surface area contributed by atoms with Gasteiger partial charge in [-0.25, -0.2) is 0 Å². The average Bonchev–Trinajstić information content (AvgIpc) is 4.06. The summed E-state index contributed by atoms with van der Waals surface area (Å²) in [5, 5.41) is 10.3. The molecule has 14 aromatic rings. The van der Waals surface area contributed by atoms with E-state index in [1.807, 2.05) is 0 Å². The van der Waals surface area contributed by atoms with Crippen molar-refractivity contribution in [3.8, 4) is 55.9 Å². The molecule has 0 radical (unpaired) electrons. The van der Waals surface area contributed by atoms with Crippen molar-refractivity contribution in [2.75, 3.05) is 0 Å². The van der Waals surface area contributed by atoms with Crippen molar-refractivity contribution < 1.29 is 0 Å². The Bertz CT molecular complexity index is 4290. The highest BCUT2D eigenvalue weighted by atomic mass is 28.3. The summed E-state index contributed by atoms with van der Waals surface area (Å²) in [4.78, 5) is 0. The van der Waals surface area contributed by atoms with Gasteiger partial charge >= 0.3 is 0 Å². The third-order valence-electron chi connectivity index (χ3n) is 15.5. The molecule has 0 unspecified atom stereocenters. The summed E-state index contributed by atoms with van der Waals surface area (Å²) in [7, 11) is -2.81. The smallest absolute Gasteiger partial charge is 0.179 e. The SMILES string of the molecule is c1ccc(-c2cccc(-n3c4ccccc4c4cc(-c5ccc6c(c5)c5ccccc5n6-c5cc(-c6ccccc6)ccc5-c5cccc([Si](c6ccccc6)(c6ccccc6)c6ccccc6)c5)ccc43)c2)cc1. The van der Waals surface area contributed by atoms with E-state index in [0.29, 0.717) is 0 Å². The summed E-state index contributed by atoms with van der Waals surface area (Å²) in [6, 6.07) is 112. The molecule has 0 saturated carbocycles. The van der Waals surface area contributed by atoms with Crippen LogP contribution in [0.5, 0.6) is 0 Å². The lowest BCUT2D eigenvalue weighted by Gasteiger charge is -2.34. The van der Waals surface area contributed by atoms with Crippen LogP contribution in [0.2, 0.25) is 0 Å². The van der Waals surface area contributed by atoms with E-state index in [2.05, 4.69) is 312 Å². The lowest BCUT2D eigenvalue weighted by Crippen LogP contribution is -2.74. The van der Waals surface area contributed by atoms with Crippen LogP contribution >= 0.6 is 0 Å². The Hall–Kier alpha value is -9.54. The van der Waals surface area contributed by atoms with E-state index in [-0.39, 0.29) is 0 Å². The maximum absolute atomic E-state index is 2.81. The van der Waals surface area contributed by atoms with Gasteiger partial charge in [0.15, 0.2) is 8.07 Å². The molecule has 2 nitrogen and oxygen atoms in total. The number of hydrogen-bond acceptors (Lipinski definition) is 0. The number of fused-ring (bicyclic) bond motifs is 6. The number of aromatic nitrogens is 2. The van der Waals surface area contributed by atoms with Crippen LogP contribution in [0.3, 0.4) is 0 Å². The van der Waals surface area contributed by atoms with Gasteiger partial charge in [-0.15, -0.1) is 0 Å². The van der Waals surface area contributed by atoms with Gasteiger partial charge in [-0.05, 0) is 114 Å². The molecule has 0 aliphatic heterocycles. The first-order chi connectivity index (χ1) is 37.2. The first kappa shape index (κ1) is 44.2. The number of para-hydroxylation sites is 2. The molecule has 0 aliphatic carbocycles. The highest BCUT2D eigenvalue weighted by molar-refractivity contribution is 7.19. The van der Waals surface area contributed by atoms with Crippen LogP contribution in [-0.4, -0.2) is 17.2 Å². The molecule has 0 aliphatic rings. The maximum atomic E-state index is 2.51. The largest absolute Gasteiger partial charge is 0.309 e. The number of benzene rings is 12. The van der Waals surface area contributed by atoms with Gasteiger partial charge in [-0.2, -0.15) is 0 Å². The standard InChI is InChI=1S/C72H50N2Si/c1-6-22-51(23-7-1)53-26-20-28-58(46-53)73-68-38-18-16-36-64(68)66-48-54(41-44-70(66)73)55-42-45-71-67(49-55)65-37-17-19-39-69(65)74(71)72-50-56(52-24-8-2-9-25-52)40-43-63(72)57-27-21-35-62(47-57)75(59-29-10-3-11-30-59,60-31-12-4-13-32-60)61-33-14-5-15-34-61/h1-50H. The molecule has 12 aromatic carbocycles.